The van der Waals surface area contributed by atoms with Crippen molar-refractivity contribution in [1.82, 2.24) is 14.5 Å². The predicted molar refractivity (Wildman–Crippen MR) is 74.4 cm³/mol. The van der Waals surface area contributed by atoms with Crippen LogP contribution in [0.4, 0.5) is 0 Å². The molecule has 0 saturated carbocycles. The number of benzene rings is 1. The highest BCUT2D eigenvalue weighted by Gasteiger charge is 2.25. The Morgan fingerprint density at radius 1 is 1.42 bits per heavy atom. The number of hydrogen-bond acceptors (Lipinski definition) is 3. The highest BCUT2D eigenvalue weighted by molar-refractivity contribution is 5.81. The Bertz CT molecular complexity index is 644. The Kier molecular flexibility index (Phi) is 3.06. The summed E-state index contributed by atoms with van der Waals surface area (Å²) in [5, 5.41) is 9.83. The van der Waals surface area contributed by atoms with Crippen LogP contribution < -0.4 is 5.69 Å². The Morgan fingerprint density at radius 2 is 2.26 bits per heavy atom. The number of rotatable bonds is 2. The lowest BCUT2D eigenvalue weighted by Crippen LogP contribution is -2.40. The van der Waals surface area contributed by atoms with E-state index in [4.69, 9.17) is 0 Å². The Hall–Kier alpha value is -1.75. The standard InChI is InChI=1S/C14H19N3O2/c1-2-16-9-4-3-8-12(16)17-10-6-5-7-11(18)13(10)15-14(17)19/h5-7,12,18H,2-4,8-9H2,1H3,(H,15,19). The summed E-state index contributed by atoms with van der Waals surface area (Å²) in [6.45, 7) is 4.08. The van der Waals surface area contributed by atoms with E-state index in [0.717, 1.165) is 31.4 Å². The zero-order valence-corrected chi connectivity index (χ0v) is 11.1. The van der Waals surface area contributed by atoms with Gasteiger partial charge in [0.05, 0.1) is 11.7 Å². The Labute approximate surface area is 111 Å². The van der Waals surface area contributed by atoms with Crippen LogP contribution in [0.5, 0.6) is 5.75 Å². The van der Waals surface area contributed by atoms with Crippen LogP contribution in [0.3, 0.4) is 0 Å². The molecule has 3 rings (SSSR count). The smallest absolute Gasteiger partial charge is 0.327 e. The summed E-state index contributed by atoms with van der Waals surface area (Å²) in [5.41, 5.74) is 1.19. The van der Waals surface area contributed by atoms with Crippen LogP contribution in [-0.2, 0) is 0 Å². The summed E-state index contributed by atoms with van der Waals surface area (Å²) in [7, 11) is 0. The van der Waals surface area contributed by atoms with Crippen LogP contribution >= 0.6 is 0 Å². The molecule has 2 aromatic rings. The number of phenolic OH excluding ortho intramolecular Hbond substituents is 1. The lowest BCUT2D eigenvalue weighted by atomic mass is 10.1. The molecule has 1 aromatic carbocycles. The van der Waals surface area contributed by atoms with Crippen molar-refractivity contribution >= 4 is 11.0 Å². The molecule has 1 fully saturated rings. The van der Waals surface area contributed by atoms with E-state index in [1.54, 1.807) is 16.7 Å². The van der Waals surface area contributed by atoms with Crippen molar-refractivity contribution in [2.24, 2.45) is 0 Å². The van der Waals surface area contributed by atoms with E-state index in [0.29, 0.717) is 5.52 Å². The third kappa shape index (κ3) is 1.94. The van der Waals surface area contributed by atoms with Crippen molar-refractivity contribution < 1.29 is 5.11 Å². The van der Waals surface area contributed by atoms with Gasteiger partial charge in [-0.15, -0.1) is 0 Å². The number of nitrogens with one attached hydrogen (secondary N) is 1. The van der Waals surface area contributed by atoms with Crippen molar-refractivity contribution in [3.8, 4) is 5.75 Å². The molecule has 2 heterocycles. The normalized spacial score (nSPS) is 21.0. The maximum atomic E-state index is 12.2. The molecule has 2 N–H and O–H groups in total. The van der Waals surface area contributed by atoms with Crippen molar-refractivity contribution in [1.29, 1.82) is 0 Å². The van der Waals surface area contributed by atoms with Gasteiger partial charge in [0.15, 0.2) is 0 Å². The summed E-state index contributed by atoms with van der Waals surface area (Å²) in [4.78, 5) is 17.3. The van der Waals surface area contributed by atoms with E-state index in [2.05, 4.69) is 16.8 Å². The summed E-state index contributed by atoms with van der Waals surface area (Å²) in [5.74, 6) is 0.132. The molecule has 0 spiro atoms. The molecule has 1 unspecified atom stereocenters. The molecular weight excluding hydrogens is 242 g/mol. The van der Waals surface area contributed by atoms with E-state index in [9.17, 15) is 9.90 Å². The second-order valence-corrected chi connectivity index (χ2v) is 5.08. The quantitative estimate of drug-likeness (QED) is 0.869. The number of nitrogens with zero attached hydrogens (tertiary/aromatic N) is 2. The fourth-order valence-corrected chi connectivity index (χ4v) is 3.06. The molecule has 0 bridgehead atoms. The first-order chi connectivity index (χ1) is 9.22. The molecule has 1 aromatic heterocycles. The SMILES string of the molecule is CCN1CCCCC1n1c(=O)[nH]c2c(O)cccc21. The van der Waals surface area contributed by atoms with Gasteiger partial charge in [0.25, 0.3) is 0 Å². The van der Waals surface area contributed by atoms with Crippen LogP contribution in [0, 0.1) is 0 Å². The van der Waals surface area contributed by atoms with Crippen LogP contribution in [0.2, 0.25) is 0 Å². The van der Waals surface area contributed by atoms with Gasteiger partial charge in [-0.1, -0.05) is 13.0 Å². The third-order valence-electron chi connectivity index (χ3n) is 4.01. The number of phenols is 1. The van der Waals surface area contributed by atoms with Crippen LogP contribution in [-0.4, -0.2) is 32.6 Å². The number of aromatic amines is 1. The van der Waals surface area contributed by atoms with Crippen LogP contribution in [0.1, 0.15) is 32.4 Å². The summed E-state index contributed by atoms with van der Waals surface area (Å²) >= 11 is 0. The van der Waals surface area contributed by atoms with Gasteiger partial charge in [-0.3, -0.25) is 9.47 Å². The molecule has 1 aliphatic heterocycles. The van der Waals surface area contributed by atoms with E-state index in [1.165, 1.54) is 6.42 Å². The number of fused-ring (bicyclic) bond motifs is 1. The number of aromatic nitrogens is 2. The van der Waals surface area contributed by atoms with Crippen molar-refractivity contribution in [3.05, 3.63) is 28.7 Å². The number of aromatic hydroxyl groups is 1. The number of hydrogen-bond donors (Lipinski definition) is 2. The molecule has 5 heteroatoms. The maximum Gasteiger partial charge on any atom is 0.327 e. The van der Waals surface area contributed by atoms with Crippen LogP contribution in [0.15, 0.2) is 23.0 Å². The minimum Gasteiger partial charge on any atom is -0.506 e. The minimum atomic E-state index is -0.137. The van der Waals surface area contributed by atoms with E-state index in [1.807, 2.05) is 6.07 Å². The highest BCUT2D eigenvalue weighted by Crippen LogP contribution is 2.29. The zero-order chi connectivity index (χ0) is 13.4. The molecular formula is C14H19N3O2. The number of para-hydroxylation sites is 1. The zero-order valence-electron chi connectivity index (χ0n) is 11.1. The second kappa shape index (κ2) is 4.74. The average molecular weight is 261 g/mol. The first-order valence-electron chi connectivity index (χ1n) is 6.88. The summed E-state index contributed by atoms with van der Waals surface area (Å²) < 4.78 is 1.79. The monoisotopic (exact) mass is 261 g/mol. The Balaban J connectivity index is 2.16. The molecule has 0 radical (unpaired) electrons. The van der Waals surface area contributed by atoms with Crippen molar-refractivity contribution in [3.63, 3.8) is 0 Å². The van der Waals surface area contributed by atoms with E-state index >= 15 is 0 Å². The third-order valence-corrected chi connectivity index (χ3v) is 4.01. The number of piperidine rings is 1. The van der Waals surface area contributed by atoms with Gasteiger partial charge < -0.3 is 10.1 Å². The number of H-pyrrole nitrogens is 1. The van der Waals surface area contributed by atoms with Gasteiger partial charge in [0.1, 0.15) is 11.3 Å². The molecule has 1 atom stereocenters. The lowest BCUT2D eigenvalue weighted by molar-refractivity contribution is 0.103. The first kappa shape index (κ1) is 12.3. The molecule has 1 aliphatic rings. The van der Waals surface area contributed by atoms with Gasteiger partial charge in [-0.05, 0) is 37.9 Å². The fraction of sp³-hybridized carbons (Fsp3) is 0.500. The van der Waals surface area contributed by atoms with Gasteiger partial charge in [0.2, 0.25) is 0 Å². The average Bonchev–Trinajstić information content (AvgIpc) is 2.76. The number of imidazole rings is 1. The molecule has 102 valence electrons. The first-order valence-corrected chi connectivity index (χ1v) is 6.88. The van der Waals surface area contributed by atoms with Gasteiger partial charge in [-0.25, -0.2) is 4.79 Å². The summed E-state index contributed by atoms with van der Waals surface area (Å²) in [6, 6.07) is 5.26. The van der Waals surface area contributed by atoms with Crippen LogP contribution in [0.25, 0.3) is 11.0 Å². The molecule has 0 amide bonds. The summed E-state index contributed by atoms with van der Waals surface area (Å²) in [6.07, 6.45) is 3.41. The topological polar surface area (TPSA) is 61.3 Å². The van der Waals surface area contributed by atoms with Crippen molar-refractivity contribution in [2.45, 2.75) is 32.4 Å². The highest BCUT2D eigenvalue weighted by atomic mass is 16.3. The van der Waals surface area contributed by atoms with Gasteiger partial charge in [0, 0.05) is 6.54 Å². The van der Waals surface area contributed by atoms with Gasteiger partial charge >= 0.3 is 5.69 Å². The second-order valence-electron chi connectivity index (χ2n) is 5.08. The molecule has 0 aliphatic carbocycles. The Morgan fingerprint density at radius 3 is 3.05 bits per heavy atom. The molecule has 19 heavy (non-hydrogen) atoms. The van der Waals surface area contributed by atoms with Crippen molar-refractivity contribution in [2.75, 3.05) is 13.1 Å². The molecule has 1 saturated heterocycles. The minimum absolute atomic E-state index is 0.0989. The molecule has 5 nitrogen and oxygen atoms in total. The fourth-order valence-electron chi connectivity index (χ4n) is 3.06. The number of likely N-dealkylation sites (tertiary alicyclic amines) is 1. The van der Waals surface area contributed by atoms with E-state index < -0.39 is 0 Å². The lowest BCUT2D eigenvalue weighted by Gasteiger charge is -2.35. The van der Waals surface area contributed by atoms with Gasteiger partial charge in [-0.2, -0.15) is 0 Å². The van der Waals surface area contributed by atoms with E-state index in [-0.39, 0.29) is 17.6 Å². The maximum absolute atomic E-state index is 12.2. The largest absolute Gasteiger partial charge is 0.506 e. The predicted octanol–water partition coefficient (Wildman–Crippen LogP) is 2.04.